The lowest BCUT2D eigenvalue weighted by atomic mass is 10.2. The van der Waals surface area contributed by atoms with Crippen molar-refractivity contribution in [2.24, 2.45) is 0 Å². The maximum absolute atomic E-state index is 11.9. The molecule has 0 saturated carbocycles. The Hall–Kier alpha value is -1.94. The molecule has 21 heavy (non-hydrogen) atoms. The molecule has 2 rings (SSSR count). The van der Waals surface area contributed by atoms with Crippen LogP contribution < -0.4 is 5.73 Å². The SMILES string of the molecule is Cc1ccc(C)c(Sc2ccc(C(=O)N(C)C)cc2N)c1. The summed E-state index contributed by atoms with van der Waals surface area (Å²) in [6.07, 6.45) is 0. The highest BCUT2D eigenvalue weighted by molar-refractivity contribution is 7.99. The Kier molecular flexibility index (Phi) is 4.58. The minimum atomic E-state index is -0.0370. The highest BCUT2D eigenvalue weighted by Gasteiger charge is 2.11. The number of anilines is 1. The fraction of sp³-hybridized carbons (Fsp3) is 0.235. The second-order valence-corrected chi connectivity index (χ2v) is 6.41. The highest BCUT2D eigenvalue weighted by atomic mass is 32.2. The van der Waals surface area contributed by atoms with E-state index in [0.717, 1.165) is 4.90 Å². The lowest BCUT2D eigenvalue weighted by Crippen LogP contribution is -2.21. The van der Waals surface area contributed by atoms with Gasteiger partial charge in [0.15, 0.2) is 0 Å². The van der Waals surface area contributed by atoms with Crippen LogP contribution in [0.2, 0.25) is 0 Å². The molecule has 2 aromatic carbocycles. The fourth-order valence-corrected chi connectivity index (χ4v) is 2.99. The molecule has 0 fully saturated rings. The van der Waals surface area contributed by atoms with Crippen molar-refractivity contribution in [3.63, 3.8) is 0 Å². The summed E-state index contributed by atoms with van der Waals surface area (Å²) >= 11 is 1.63. The number of nitrogens with zero attached hydrogens (tertiary/aromatic N) is 1. The van der Waals surface area contributed by atoms with Gasteiger partial charge in [-0.25, -0.2) is 0 Å². The van der Waals surface area contributed by atoms with E-state index in [1.807, 2.05) is 12.1 Å². The van der Waals surface area contributed by atoms with Crippen molar-refractivity contribution in [1.82, 2.24) is 4.90 Å². The van der Waals surface area contributed by atoms with Gasteiger partial charge in [-0.1, -0.05) is 23.9 Å². The first-order chi connectivity index (χ1) is 9.88. The smallest absolute Gasteiger partial charge is 0.253 e. The van der Waals surface area contributed by atoms with Gasteiger partial charge in [-0.15, -0.1) is 0 Å². The molecule has 0 saturated heterocycles. The van der Waals surface area contributed by atoms with Crippen molar-refractivity contribution < 1.29 is 4.79 Å². The largest absolute Gasteiger partial charge is 0.398 e. The van der Waals surface area contributed by atoms with Crippen molar-refractivity contribution in [1.29, 1.82) is 0 Å². The van der Waals surface area contributed by atoms with E-state index in [9.17, 15) is 4.79 Å². The van der Waals surface area contributed by atoms with Crippen LogP contribution in [-0.4, -0.2) is 24.9 Å². The topological polar surface area (TPSA) is 46.3 Å². The summed E-state index contributed by atoms with van der Waals surface area (Å²) in [7, 11) is 3.47. The lowest BCUT2D eigenvalue weighted by molar-refractivity contribution is 0.0827. The molecule has 0 aliphatic rings. The molecule has 110 valence electrons. The molecule has 2 aromatic rings. The van der Waals surface area contributed by atoms with Crippen LogP contribution in [0.5, 0.6) is 0 Å². The molecule has 0 spiro atoms. The summed E-state index contributed by atoms with van der Waals surface area (Å²) in [6, 6.07) is 11.8. The molecular formula is C17H20N2OS. The van der Waals surface area contributed by atoms with Gasteiger partial charge in [0, 0.05) is 35.1 Å². The predicted molar refractivity (Wildman–Crippen MR) is 88.9 cm³/mol. The summed E-state index contributed by atoms with van der Waals surface area (Å²) in [4.78, 5) is 15.6. The minimum Gasteiger partial charge on any atom is -0.398 e. The van der Waals surface area contributed by atoms with E-state index in [2.05, 4.69) is 32.0 Å². The number of rotatable bonds is 3. The van der Waals surface area contributed by atoms with Crippen molar-refractivity contribution in [3.05, 3.63) is 53.1 Å². The van der Waals surface area contributed by atoms with Gasteiger partial charge in [-0.05, 0) is 49.2 Å². The van der Waals surface area contributed by atoms with Gasteiger partial charge < -0.3 is 10.6 Å². The van der Waals surface area contributed by atoms with Crippen molar-refractivity contribution in [3.8, 4) is 0 Å². The average molecular weight is 300 g/mol. The van der Waals surface area contributed by atoms with Crippen LogP contribution in [0.3, 0.4) is 0 Å². The van der Waals surface area contributed by atoms with Crippen LogP contribution >= 0.6 is 11.8 Å². The highest BCUT2D eigenvalue weighted by Crippen LogP contribution is 2.35. The molecule has 0 unspecified atom stereocenters. The Morgan fingerprint density at radius 3 is 2.38 bits per heavy atom. The molecule has 4 heteroatoms. The zero-order valence-corrected chi connectivity index (χ0v) is 13.6. The first-order valence-electron chi connectivity index (χ1n) is 6.75. The van der Waals surface area contributed by atoms with Crippen molar-refractivity contribution in [2.45, 2.75) is 23.6 Å². The first kappa shape index (κ1) is 15.4. The van der Waals surface area contributed by atoms with E-state index in [1.165, 1.54) is 16.0 Å². The number of nitrogen functional groups attached to an aromatic ring is 1. The molecule has 2 N–H and O–H groups in total. The van der Waals surface area contributed by atoms with E-state index >= 15 is 0 Å². The molecular weight excluding hydrogens is 280 g/mol. The van der Waals surface area contributed by atoms with Gasteiger partial charge in [0.25, 0.3) is 5.91 Å². The quantitative estimate of drug-likeness (QED) is 0.878. The molecule has 0 atom stereocenters. The molecule has 0 aliphatic carbocycles. The second-order valence-electron chi connectivity index (χ2n) is 5.32. The zero-order valence-electron chi connectivity index (χ0n) is 12.8. The summed E-state index contributed by atoms with van der Waals surface area (Å²) in [6.45, 7) is 4.16. The summed E-state index contributed by atoms with van der Waals surface area (Å²) in [5.74, 6) is -0.0370. The Balaban J connectivity index is 2.30. The van der Waals surface area contributed by atoms with Gasteiger partial charge in [-0.2, -0.15) is 0 Å². The van der Waals surface area contributed by atoms with Gasteiger partial charge in [0.2, 0.25) is 0 Å². The normalized spacial score (nSPS) is 10.5. The monoisotopic (exact) mass is 300 g/mol. The number of carbonyl (C=O) groups is 1. The van der Waals surface area contributed by atoms with Crippen LogP contribution in [0.15, 0.2) is 46.2 Å². The van der Waals surface area contributed by atoms with Gasteiger partial charge in [0.1, 0.15) is 0 Å². The number of hydrogen-bond acceptors (Lipinski definition) is 3. The van der Waals surface area contributed by atoms with E-state index in [1.54, 1.807) is 36.8 Å². The Labute approximate surface area is 130 Å². The Morgan fingerprint density at radius 1 is 1.05 bits per heavy atom. The maximum atomic E-state index is 11.9. The standard InChI is InChI=1S/C17H20N2OS/c1-11-5-6-12(2)16(9-11)21-15-8-7-13(10-14(15)18)17(20)19(3)4/h5-10H,18H2,1-4H3. The Bertz CT molecular complexity index is 680. The summed E-state index contributed by atoms with van der Waals surface area (Å²) < 4.78 is 0. The third-order valence-corrected chi connectivity index (χ3v) is 4.48. The van der Waals surface area contributed by atoms with Crippen molar-refractivity contribution in [2.75, 3.05) is 19.8 Å². The van der Waals surface area contributed by atoms with Gasteiger partial charge >= 0.3 is 0 Å². The maximum Gasteiger partial charge on any atom is 0.253 e. The van der Waals surface area contributed by atoms with E-state index < -0.39 is 0 Å². The summed E-state index contributed by atoms with van der Waals surface area (Å²) in [5, 5.41) is 0. The van der Waals surface area contributed by atoms with Crippen LogP contribution in [-0.2, 0) is 0 Å². The Morgan fingerprint density at radius 2 is 1.76 bits per heavy atom. The zero-order chi connectivity index (χ0) is 15.6. The number of nitrogens with two attached hydrogens (primary N) is 1. The molecule has 0 bridgehead atoms. The number of hydrogen-bond donors (Lipinski definition) is 1. The van der Waals surface area contributed by atoms with Gasteiger partial charge in [-0.3, -0.25) is 4.79 Å². The third-order valence-electron chi connectivity index (χ3n) is 3.23. The second kappa shape index (κ2) is 6.22. The first-order valence-corrected chi connectivity index (χ1v) is 7.56. The number of carbonyl (C=O) groups excluding carboxylic acids is 1. The van der Waals surface area contributed by atoms with E-state index in [-0.39, 0.29) is 5.91 Å². The minimum absolute atomic E-state index is 0.0370. The molecule has 1 amide bonds. The van der Waals surface area contributed by atoms with E-state index in [0.29, 0.717) is 11.3 Å². The number of benzene rings is 2. The fourth-order valence-electron chi connectivity index (χ4n) is 1.97. The molecule has 0 radical (unpaired) electrons. The van der Waals surface area contributed by atoms with Crippen LogP contribution in [0, 0.1) is 13.8 Å². The summed E-state index contributed by atoms with van der Waals surface area (Å²) in [5.41, 5.74) is 9.79. The van der Waals surface area contributed by atoms with Crippen LogP contribution in [0.1, 0.15) is 21.5 Å². The lowest BCUT2D eigenvalue weighted by Gasteiger charge is -2.13. The predicted octanol–water partition coefficient (Wildman–Crippen LogP) is 3.74. The molecule has 3 nitrogen and oxygen atoms in total. The molecule has 0 aliphatic heterocycles. The average Bonchev–Trinajstić information content (AvgIpc) is 2.44. The molecule has 0 heterocycles. The molecule has 0 aromatic heterocycles. The van der Waals surface area contributed by atoms with Crippen molar-refractivity contribution >= 4 is 23.4 Å². The number of amides is 1. The van der Waals surface area contributed by atoms with Crippen LogP contribution in [0.25, 0.3) is 0 Å². The van der Waals surface area contributed by atoms with Gasteiger partial charge in [0.05, 0.1) is 0 Å². The van der Waals surface area contributed by atoms with E-state index in [4.69, 9.17) is 5.73 Å². The number of aryl methyl sites for hydroxylation is 2. The van der Waals surface area contributed by atoms with Crippen LogP contribution in [0.4, 0.5) is 5.69 Å². The third kappa shape index (κ3) is 3.58.